The molecule has 0 bridgehead atoms. The van der Waals surface area contributed by atoms with Crippen LogP contribution in [0.1, 0.15) is 18.9 Å². The molecule has 0 spiro atoms. The molecule has 2 heterocycles. The fourth-order valence-corrected chi connectivity index (χ4v) is 4.13. The third kappa shape index (κ3) is 4.38. The molecule has 2 aliphatic rings. The van der Waals surface area contributed by atoms with Crippen molar-refractivity contribution in [1.29, 1.82) is 0 Å². The van der Waals surface area contributed by atoms with Gasteiger partial charge < -0.3 is 20.4 Å². The fraction of sp³-hybridized carbons (Fsp3) is 0.318. The molecule has 2 N–H and O–H groups in total. The molecule has 0 aliphatic carbocycles. The molecule has 10 heteroatoms. The summed E-state index contributed by atoms with van der Waals surface area (Å²) in [5, 5.41) is 4.81. The van der Waals surface area contributed by atoms with Gasteiger partial charge in [0.2, 0.25) is 5.91 Å². The summed E-state index contributed by atoms with van der Waals surface area (Å²) in [6.07, 6.45) is 0.928. The second kappa shape index (κ2) is 8.74. The van der Waals surface area contributed by atoms with E-state index in [1.807, 2.05) is 0 Å². The second-order valence-corrected chi connectivity index (χ2v) is 8.27. The van der Waals surface area contributed by atoms with Crippen LogP contribution in [0.4, 0.5) is 25.8 Å². The zero-order valence-corrected chi connectivity index (χ0v) is 18.0. The highest BCUT2D eigenvalue weighted by molar-refractivity contribution is 6.39. The lowest BCUT2D eigenvalue weighted by Crippen LogP contribution is -2.55. The first-order valence-corrected chi connectivity index (χ1v) is 10.5. The first-order chi connectivity index (χ1) is 15.2. The highest BCUT2D eigenvalue weighted by atomic mass is 35.5. The van der Waals surface area contributed by atoms with E-state index in [1.165, 1.54) is 4.90 Å². The molecule has 1 saturated heterocycles. The van der Waals surface area contributed by atoms with E-state index < -0.39 is 28.5 Å². The molecule has 2 aromatic rings. The molecule has 4 rings (SSSR count). The van der Waals surface area contributed by atoms with Crippen molar-refractivity contribution in [3.8, 4) is 0 Å². The number of carbonyl (C=O) groups is 3. The van der Waals surface area contributed by atoms with Gasteiger partial charge in [0.15, 0.2) is 0 Å². The number of hydrogen-bond donors (Lipinski definition) is 2. The van der Waals surface area contributed by atoms with Gasteiger partial charge in [-0.15, -0.1) is 0 Å². The molecule has 0 unspecified atom stereocenters. The van der Waals surface area contributed by atoms with Gasteiger partial charge in [-0.1, -0.05) is 11.6 Å². The van der Waals surface area contributed by atoms with Gasteiger partial charge in [0, 0.05) is 49.2 Å². The second-order valence-electron chi connectivity index (χ2n) is 7.89. The van der Waals surface area contributed by atoms with E-state index in [1.54, 1.807) is 30.0 Å². The summed E-state index contributed by atoms with van der Waals surface area (Å²) >= 11 is 5.55. The zero-order valence-electron chi connectivity index (χ0n) is 17.3. The maximum atomic E-state index is 13.8. The van der Waals surface area contributed by atoms with Gasteiger partial charge in [0.25, 0.3) is 0 Å². The Balaban J connectivity index is 1.39. The van der Waals surface area contributed by atoms with E-state index in [2.05, 4.69) is 10.6 Å². The minimum Gasteiger partial charge on any atom is -0.365 e. The van der Waals surface area contributed by atoms with Crippen molar-refractivity contribution in [1.82, 2.24) is 4.90 Å². The van der Waals surface area contributed by atoms with Gasteiger partial charge in [0.1, 0.15) is 16.7 Å². The van der Waals surface area contributed by atoms with E-state index in [0.717, 1.165) is 17.7 Å². The third-order valence-electron chi connectivity index (χ3n) is 5.67. The summed E-state index contributed by atoms with van der Waals surface area (Å²) in [5.74, 6) is -3.21. The molecule has 2 aromatic carbocycles. The number of piperazine rings is 1. The van der Waals surface area contributed by atoms with E-state index in [-0.39, 0.29) is 25.0 Å². The van der Waals surface area contributed by atoms with E-state index in [0.29, 0.717) is 36.4 Å². The number of benzene rings is 2. The van der Waals surface area contributed by atoms with E-state index in [9.17, 15) is 23.2 Å². The molecule has 0 saturated carbocycles. The van der Waals surface area contributed by atoms with Crippen LogP contribution in [0.25, 0.3) is 0 Å². The standard InChI is InChI=1S/C22H21ClF2N4O3/c1-12-11-28(6-7-29(12)15-9-16(24)20(23)17(25)10-15)22(32)21(31)26-14-3-4-18-13(8-14)2-5-19(30)27-18/h3-4,8-10,12H,2,5-7,11H2,1H3,(H,26,31)(H,27,30)/t12-/m1/s1. The summed E-state index contributed by atoms with van der Waals surface area (Å²) in [6, 6.07) is 7.10. The Hall–Kier alpha value is -3.20. The monoisotopic (exact) mass is 462 g/mol. The number of hydrogen-bond acceptors (Lipinski definition) is 4. The van der Waals surface area contributed by atoms with Crippen molar-refractivity contribution in [3.63, 3.8) is 0 Å². The van der Waals surface area contributed by atoms with Crippen LogP contribution in [0.5, 0.6) is 0 Å². The summed E-state index contributed by atoms with van der Waals surface area (Å²) in [6.45, 7) is 2.55. The zero-order chi connectivity index (χ0) is 23.0. The largest absolute Gasteiger partial charge is 0.365 e. The predicted molar refractivity (Wildman–Crippen MR) is 117 cm³/mol. The number of aryl methyl sites for hydroxylation is 1. The Morgan fingerprint density at radius 2 is 1.84 bits per heavy atom. The molecule has 0 aromatic heterocycles. The van der Waals surface area contributed by atoms with Crippen molar-refractivity contribution in [3.05, 3.63) is 52.6 Å². The van der Waals surface area contributed by atoms with Crippen LogP contribution in [0.15, 0.2) is 30.3 Å². The maximum Gasteiger partial charge on any atom is 0.313 e. The number of halogens is 3. The number of rotatable bonds is 2. The molecule has 3 amide bonds. The van der Waals surface area contributed by atoms with Crippen molar-refractivity contribution in [2.75, 3.05) is 35.2 Å². The predicted octanol–water partition coefficient (Wildman–Crippen LogP) is 3.18. The van der Waals surface area contributed by atoms with Gasteiger partial charge in [-0.3, -0.25) is 14.4 Å². The topological polar surface area (TPSA) is 81.8 Å². The van der Waals surface area contributed by atoms with Crippen LogP contribution in [0.2, 0.25) is 5.02 Å². The lowest BCUT2D eigenvalue weighted by atomic mass is 10.0. The summed E-state index contributed by atoms with van der Waals surface area (Å²) in [5.41, 5.74) is 2.39. The molecule has 1 atom stereocenters. The SMILES string of the molecule is C[C@@H]1CN(C(=O)C(=O)Nc2ccc3c(c2)CCC(=O)N3)CCN1c1cc(F)c(Cl)c(F)c1. The minimum atomic E-state index is -0.851. The number of nitrogens with one attached hydrogen (secondary N) is 2. The average Bonchev–Trinajstić information content (AvgIpc) is 2.76. The summed E-state index contributed by atoms with van der Waals surface area (Å²) in [7, 11) is 0. The Morgan fingerprint density at radius 3 is 2.53 bits per heavy atom. The third-order valence-corrected chi connectivity index (χ3v) is 6.03. The summed E-state index contributed by atoms with van der Waals surface area (Å²) < 4.78 is 27.7. The van der Waals surface area contributed by atoms with Crippen molar-refractivity contribution >= 4 is 46.4 Å². The smallest absolute Gasteiger partial charge is 0.313 e. The summed E-state index contributed by atoms with van der Waals surface area (Å²) in [4.78, 5) is 39.8. The Labute approximate surface area is 188 Å². The molecule has 32 heavy (non-hydrogen) atoms. The maximum absolute atomic E-state index is 13.8. The highest BCUT2D eigenvalue weighted by Crippen LogP contribution is 2.28. The lowest BCUT2D eigenvalue weighted by molar-refractivity contribution is -0.143. The molecule has 1 fully saturated rings. The molecule has 7 nitrogen and oxygen atoms in total. The van der Waals surface area contributed by atoms with E-state index >= 15 is 0 Å². The number of anilines is 3. The van der Waals surface area contributed by atoms with Crippen LogP contribution >= 0.6 is 11.6 Å². The number of carbonyl (C=O) groups excluding carboxylic acids is 3. The highest BCUT2D eigenvalue weighted by Gasteiger charge is 2.31. The Morgan fingerprint density at radius 1 is 1.12 bits per heavy atom. The van der Waals surface area contributed by atoms with Crippen LogP contribution < -0.4 is 15.5 Å². The van der Waals surface area contributed by atoms with Crippen molar-refractivity contribution < 1.29 is 23.2 Å². The fourth-order valence-electron chi connectivity index (χ4n) is 4.02. The van der Waals surface area contributed by atoms with Gasteiger partial charge in [0.05, 0.1) is 0 Å². The van der Waals surface area contributed by atoms with Crippen molar-refractivity contribution in [2.45, 2.75) is 25.8 Å². The molecular weight excluding hydrogens is 442 g/mol. The quantitative estimate of drug-likeness (QED) is 0.530. The molecular formula is C22H21ClF2N4O3. The van der Waals surface area contributed by atoms with Crippen LogP contribution in [0, 0.1) is 11.6 Å². The van der Waals surface area contributed by atoms with Gasteiger partial charge >= 0.3 is 11.8 Å². The Bertz CT molecular complexity index is 1090. The van der Waals surface area contributed by atoms with Crippen molar-refractivity contribution in [2.24, 2.45) is 0 Å². The van der Waals surface area contributed by atoms with Gasteiger partial charge in [-0.25, -0.2) is 8.78 Å². The van der Waals surface area contributed by atoms with Crippen LogP contribution in [0.3, 0.4) is 0 Å². The number of nitrogens with zero attached hydrogens (tertiary/aromatic N) is 2. The first kappa shape index (κ1) is 22.0. The number of amides is 3. The lowest BCUT2D eigenvalue weighted by Gasteiger charge is -2.41. The molecule has 168 valence electrons. The van der Waals surface area contributed by atoms with Gasteiger partial charge in [-0.2, -0.15) is 0 Å². The minimum absolute atomic E-state index is 0.0539. The van der Waals surface area contributed by atoms with E-state index in [4.69, 9.17) is 11.6 Å². The average molecular weight is 463 g/mol. The first-order valence-electron chi connectivity index (χ1n) is 10.2. The van der Waals surface area contributed by atoms with Gasteiger partial charge in [-0.05, 0) is 49.2 Å². The number of fused-ring (bicyclic) bond motifs is 1. The molecule has 2 aliphatic heterocycles. The van der Waals surface area contributed by atoms with Crippen LogP contribution in [-0.2, 0) is 20.8 Å². The normalized spacial score (nSPS) is 18.1. The van der Waals surface area contributed by atoms with Crippen LogP contribution in [-0.4, -0.2) is 48.3 Å². The molecule has 0 radical (unpaired) electrons. The Kier molecular flexibility index (Phi) is 6.01.